The van der Waals surface area contributed by atoms with Crippen molar-refractivity contribution in [3.05, 3.63) is 36.2 Å². The third kappa shape index (κ3) is 2.19. The molecule has 5 heteroatoms. The second-order valence-corrected chi connectivity index (χ2v) is 5.19. The first-order valence-electron chi connectivity index (χ1n) is 5.96. The third-order valence-electron chi connectivity index (χ3n) is 2.84. The van der Waals surface area contributed by atoms with Gasteiger partial charge >= 0.3 is 0 Å². The van der Waals surface area contributed by atoms with Crippen molar-refractivity contribution in [2.45, 2.75) is 22.8 Å². The smallest absolute Gasteiger partial charge is 0.163 e. The first-order valence-corrected chi connectivity index (χ1v) is 6.77. The molecule has 0 aliphatic carbocycles. The van der Waals surface area contributed by atoms with Gasteiger partial charge in [-0.3, -0.25) is 0 Å². The Morgan fingerprint density at radius 2 is 2.11 bits per heavy atom. The van der Waals surface area contributed by atoms with Gasteiger partial charge < -0.3 is 11.1 Å². The average Bonchev–Trinajstić information content (AvgIpc) is 2.42. The Bertz CT molecular complexity index is 571. The molecule has 0 spiro atoms. The Morgan fingerprint density at radius 3 is 3.00 bits per heavy atom. The molecule has 0 radical (unpaired) electrons. The van der Waals surface area contributed by atoms with Crippen LogP contribution >= 0.6 is 11.8 Å². The van der Waals surface area contributed by atoms with Gasteiger partial charge in [0.25, 0.3) is 0 Å². The minimum atomic E-state index is 0.730. The molecule has 1 aliphatic rings. The highest BCUT2D eigenvalue weighted by Gasteiger charge is 2.17. The number of hydrogen-bond acceptors (Lipinski definition) is 5. The number of nitrogens with one attached hydrogen (secondary N) is 1. The second kappa shape index (κ2) is 4.96. The van der Waals surface area contributed by atoms with Crippen LogP contribution in [0.2, 0.25) is 0 Å². The molecule has 0 bridgehead atoms. The van der Waals surface area contributed by atoms with Crippen molar-refractivity contribution in [1.29, 1.82) is 0 Å². The summed E-state index contributed by atoms with van der Waals surface area (Å²) in [4.78, 5) is 9.80. The lowest BCUT2D eigenvalue weighted by Gasteiger charge is -2.19. The predicted octanol–water partition coefficient (Wildman–Crippen LogP) is 2.58. The number of aryl methyl sites for hydroxylation is 1. The van der Waals surface area contributed by atoms with E-state index in [0.717, 1.165) is 35.9 Å². The molecule has 4 nitrogen and oxygen atoms in total. The first kappa shape index (κ1) is 11.5. The molecule has 0 amide bonds. The molecule has 0 fully saturated rings. The van der Waals surface area contributed by atoms with Crippen LogP contribution in [0.3, 0.4) is 0 Å². The summed E-state index contributed by atoms with van der Waals surface area (Å²) in [6, 6.07) is 6.47. The van der Waals surface area contributed by atoms with Gasteiger partial charge in [0.15, 0.2) is 5.82 Å². The third-order valence-corrected chi connectivity index (χ3v) is 3.91. The zero-order chi connectivity index (χ0) is 12.4. The SMILES string of the molecule is NCCCc1ccc2c(c1)Nc1nccnc1S2. The Balaban J connectivity index is 1.89. The summed E-state index contributed by atoms with van der Waals surface area (Å²) >= 11 is 1.65. The van der Waals surface area contributed by atoms with E-state index in [0.29, 0.717) is 0 Å². The van der Waals surface area contributed by atoms with E-state index in [1.54, 1.807) is 24.2 Å². The van der Waals surface area contributed by atoms with E-state index in [4.69, 9.17) is 5.73 Å². The van der Waals surface area contributed by atoms with E-state index >= 15 is 0 Å². The van der Waals surface area contributed by atoms with Crippen LogP contribution in [0.5, 0.6) is 0 Å². The van der Waals surface area contributed by atoms with E-state index in [1.807, 2.05) is 0 Å². The molecule has 0 unspecified atom stereocenters. The number of aromatic nitrogens is 2. The summed E-state index contributed by atoms with van der Waals surface area (Å²) in [7, 11) is 0. The van der Waals surface area contributed by atoms with Crippen LogP contribution in [0.1, 0.15) is 12.0 Å². The summed E-state index contributed by atoms with van der Waals surface area (Å²) in [5, 5.41) is 4.26. The molecule has 1 aliphatic heterocycles. The fraction of sp³-hybridized carbons (Fsp3) is 0.231. The Kier molecular flexibility index (Phi) is 3.17. The Morgan fingerprint density at radius 1 is 1.22 bits per heavy atom. The molecule has 0 saturated heterocycles. The Labute approximate surface area is 110 Å². The van der Waals surface area contributed by atoms with Crippen LogP contribution in [-0.4, -0.2) is 16.5 Å². The van der Waals surface area contributed by atoms with Crippen molar-refractivity contribution in [3.8, 4) is 0 Å². The first-order chi connectivity index (χ1) is 8.86. The molecule has 0 saturated carbocycles. The minimum Gasteiger partial charge on any atom is -0.337 e. The molecule has 92 valence electrons. The lowest BCUT2D eigenvalue weighted by Crippen LogP contribution is -2.05. The van der Waals surface area contributed by atoms with Crippen molar-refractivity contribution >= 4 is 23.3 Å². The van der Waals surface area contributed by atoms with Gasteiger partial charge in [-0.05, 0) is 37.1 Å². The van der Waals surface area contributed by atoms with E-state index in [1.165, 1.54) is 10.5 Å². The highest BCUT2D eigenvalue weighted by molar-refractivity contribution is 7.99. The molecule has 1 aromatic heterocycles. The number of benzene rings is 1. The summed E-state index contributed by atoms with van der Waals surface area (Å²) in [6.07, 6.45) is 5.45. The van der Waals surface area contributed by atoms with Crippen LogP contribution in [0.25, 0.3) is 0 Å². The Hall–Kier alpha value is -1.59. The zero-order valence-electron chi connectivity index (χ0n) is 9.89. The summed E-state index contributed by atoms with van der Waals surface area (Å²) in [5.74, 6) is 0.839. The van der Waals surface area contributed by atoms with Gasteiger partial charge in [0.1, 0.15) is 5.03 Å². The number of fused-ring (bicyclic) bond motifs is 2. The number of nitrogens with two attached hydrogens (primary N) is 1. The fourth-order valence-corrected chi connectivity index (χ4v) is 2.82. The standard InChI is InChI=1S/C13H14N4S/c14-5-1-2-9-3-4-11-10(8-9)17-12-13(18-11)16-7-6-15-12/h3-4,6-8H,1-2,5,14H2,(H,15,17). The zero-order valence-corrected chi connectivity index (χ0v) is 10.7. The number of rotatable bonds is 3. The van der Waals surface area contributed by atoms with Crippen molar-refractivity contribution in [3.63, 3.8) is 0 Å². The van der Waals surface area contributed by atoms with Crippen LogP contribution in [0.15, 0.2) is 40.5 Å². The maximum atomic E-state index is 5.54. The summed E-state index contributed by atoms with van der Waals surface area (Å²) in [6.45, 7) is 0.730. The molecule has 2 aromatic rings. The minimum absolute atomic E-state index is 0.730. The molecule has 1 aromatic carbocycles. The van der Waals surface area contributed by atoms with Crippen LogP contribution < -0.4 is 11.1 Å². The number of anilines is 2. The van der Waals surface area contributed by atoms with Gasteiger partial charge in [-0.15, -0.1) is 0 Å². The highest BCUT2D eigenvalue weighted by Crippen LogP contribution is 2.41. The largest absolute Gasteiger partial charge is 0.337 e. The van der Waals surface area contributed by atoms with Crippen molar-refractivity contribution in [1.82, 2.24) is 9.97 Å². The quantitative estimate of drug-likeness (QED) is 0.756. The average molecular weight is 258 g/mol. The van der Waals surface area contributed by atoms with Gasteiger partial charge in [-0.2, -0.15) is 0 Å². The molecule has 2 heterocycles. The van der Waals surface area contributed by atoms with Gasteiger partial charge in [0.05, 0.1) is 5.69 Å². The normalized spacial score (nSPS) is 12.5. The van der Waals surface area contributed by atoms with Crippen LogP contribution in [0, 0.1) is 0 Å². The summed E-state index contributed by atoms with van der Waals surface area (Å²) in [5.41, 5.74) is 7.96. The van der Waals surface area contributed by atoms with E-state index in [9.17, 15) is 0 Å². The predicted molar refractivity (Wildman–Crippen MR) is 73.3 cm³/mol. The molecule has 3 N–H and O–H groups in total. The van der Waals surface area contributed by atoms with E-state index < -0.39 is 0 Å². The lowest BCUT2D eigenvalue weighted by atomic mass is 10.1. The molecule has 0 atom stereocenters. The topological polar surface area (TPSA) is 63.8 Å². The molecular formula is C13H14N4S. The maximum absolute atomic E-state index is 5.54. The molecule has 3 rings (SSSR count). The molecular weight excluding hydrogens is 244 g/mol. The van der Waals surface area contributed by atoms with Gasteiger partial charge in [0, 0.05) is 17.3 Å². The highest BCUT2D eigenvalue weighted by atomic mass is 32.2. The molecule has 18 heavy (non-hydrogen) atoms. The van der Waals surface area contributed by atoms with Gasteiger partial charge in [0.2, 0.25) is 0 Å². The van der Waals surface area contributed by atoms with Crippen LogP contribution in [-0.2, 0) is 6.42 Å². The number of nitrogens with zero attached hydrogens (tertiary/aromatic N) is 2. The van der Waals surface area contributed by atoms with E-state index in [2.05, 4.69) is 33.5 Å². The second-order valence-electron chi connectivity index (χ2n) is 4.16. The van der Waals surface area contributed by atoms with Crippen molar-refractivity contribution in [2.24, 2.45) is 5.73 Å². The van der Waals surface area contributed by atoms with Crippen LogP contribution in [0.4, 0.5) is 11.5 Å². The number of hydrogen-bond donors (Lipinski definition) is 2. The fourth-order valence-electron chi connectivity index (χ4n) is 1.94. The van der Waals surface area contributed by atoms with Gasteiger partial charge in [-0.1, -0.05) is 17.8 Å². The van der Waals surface area contributed by atoms with Crippen molar-refractivity contribution in [2.75, 3.05) is 11.9 Å². The summed E-state index contributed by atoms with van der Waals surface area (Å²) < 4.78 is 0. The lowest BCUT2D eigenvalue weighted by molar-refractivity contribution is 0.832. The van der Waals surface area contributed by atoms with E-state index in [-0.39, 0.29) is 0 Å². The maximum Gasteiger partial charge on any atom is 0.163 e. The monoisotopic (exact) mass is 258 g/mol. The van der Waals surface area contributed by atoms with Crippen molar-refractivity contribution < 1.29 is 0 Å². The van der Waals surface area contributed by atoms with Gasteiger partial charge in [-0.25, -0.2) is 9.97 Å².